The van der Waals surface area contributed by atoms with Gasteiger partial charge in [-0.3, -0.25) is 0 Å². The first-order valence-corrected chi connectivity index (χ1v) is 5.56. The van der Waals surface area contributed by atoms with Crippen LogP contribution in [0.1, 0.15) is 27.7 Å². The summed E-state index contributed by atoms with van der Waals surface area (Å²) in [7, 11) is 0. The van der Waals surface area contributed by atoms with E-state index in [4.69, 9.17) is 0 Å². The molecule has 0 bridgehead atoms. The average molecular weight is 220 g/mol. The third-order valence-electron chi connectivity index (χ3n) is 2.91. The van der Waals surface area contributed by atoms with Crippen molar-refractivity contribution in [1.29, 1.82) is 0 Å². The number of benzene rings is 1. The molecule has 0 spiro atoms. The Morgan fingerprint density at radius 2 is 1.75 bits per heavy atom. The van der Waals surface area contributed by atoms with Crippen molar-refractivity contribution in [2.45, 2.75) is 33.2 Å². The molecule has 0 heterocycles. The number of nitrogens with one attached hydrogen (secondary N) is 2. The molecule has 0 aliphatic rings. The molecule has 0 fully saturated rings. The predicted octanol–water partition coefficient (Wildman–Crippen LogP) is 3.24. The molecule has 0 unspecified atom stereocenters. The maximum atomic E-state index is 11.7. The first-order chi connectivity index (χ1) is 7.42. The Morgan fingerprint density at radius 3 is 2.25 bits per heavy atom. The summed E-state index contributed by atoms with van der Waals surface area (Å²) >= 11 is 0. The zero-order valence-corrected chi connectivity index (χ0v) is 10.4. The van der Waals surface area contributed by atoms with Gasteiger partial charge in [-0.1, -0.05) is 32.0 Å². The van der Waals surface area contributed by atoms with Crippen molar-refractivity contribution in [3.63, 3.8) is 0 Å². The molecule has 2 amide bonds. The lowest BCUT2D eigenvalue weighted by Gasteiger charge is -2.30. The van der Waals surface area contributed by atoms with Crippen LogP contribution in [0.2, 0.25) is 0 Å². The van der Waals surface area contributed by atoms with E-state index in [0.29, 0.717) is 5.92 Å². The lowest BCUT2D eigenvalue weighted by atomic mass is 9.91. The Labute approximate surface area is 97.2 Å². The summed E-state index contributed by atoms with van der Waals surface area (Å²) in [6, 6.07) is 9.27. The lowest BCUT2D eigenvalue weighted by molar-refractivity contribution is 0.229. The van der Waals surface area contributed by atoms with Gasteiger partial charge in [0, 0.05) is 11.2 Å². The first kappa shape index (κ1) is 12.6. The summed E-state index contributed by atoms with van der Waals surface area (Å²) in [5.41, 5.74) is 0.596. The molecule has 3 heteroatoms. The quantitative estimate of drug-likeness (QED) is 0.806. The number of carbonyl (C=O) groups is 1. The smallest absolute Gasteiger partial charge is 0.319 e. The molecule has 1 rings (SSSR count). The van der Waals surface area contributed by atoms with Crippen molar-refractivity contribution >= 4 is 11.7 Å². The summed E-state index contributed by atoms with van der Waals surface area (Å²) in [5.74, 6) is 0.383. The molecule has 0 atom stereocenters. The Hall–Kier alpha value is -1.51. The van der Waals surface area contributed by atoms with Gasteiger partial charge >= 0.3 is 6.03 Å². The van der Waals surface area contributed by atoms with E-state index in [1.54, 1.807) is 0 Å². The number of carbonyl (C=O) groups excluding carboxylic acids is 1. The first-order valence-electron chi connectivity index (χ1n) is 5.56. The number of para-hydroxylation sites is 1. The van der Waals surface area contributed by atoms with Crippen molar-refractivity contribution in [3.05, 3.63) is 30.3 Å². The molecule has 3 nitrogen and oxygen atoms in total. The Bertz CT molecular complexity index is 344. The van der Waals surface area contributed by atoms with E-state index in [2.05, 4.69) is 24.5 Å². The number of anilines is 1. The number of hydrogen-bond donors (Lipinski definition) is 2. The van der Waals surface area contributed by atoms with Gasteiger partial charge in [0.15, 0.2) is 0 Å². The molecule has 1 aromatic carbocycles. The van der Waals surface area contributed by atoms with E-state index in [0.717, 1.165) is 5.69 Å². The van der Waals surface area contributed by atoms with Gasteiger partial charge < -0.3 is 10.6 Å². The SMILES string of the molecule is CC(C)C(C)(C)NC(=O)Nc1ccccc1. The predicted molar refractivity (Wildman–Crippen MR) is 67.5 cm³/mol. The highest BCUT2D eigenvalue weighted by atomic mass is 16.2. The zero-order chi connectivity index (χ0) is 12.2. The van der Waals surface area contributed by atoms with Crippen LogP contribution in [0.3, 0.4) is 0 Å². The molecule has 88 valence electrons. The number of amides is 2. The largest absolute Gasteiger partial charge is 0.333 e. The minimum atomic E-state index is -0.209. The van der Waals surface area contributed by atoms with Gasteiger partial charge in [0.25, 0.3) is 0 Å². The van der Waals surface area contributed by atoms with Crippen LogP contribution in [0.15, 0.2) is 30.3 Å². The number of rotatable bonds is 3. The second-order valence-corrected chi connectivity index (χ2v) is 4.82. The third kappa shape index (κ3) is 3.57. The summed E-state index contributed by atoms with van der Waals surface area (Å²) in [5, 5.41) is 5.76. The summed E-state index contributed by atoms with van der Waals surface area (Å²) < 4.78 is 0. The van der Waals surface area contributed by atoms with E-state index >= 15 is 0 Å². The van der Waals surface area contributed by atoms with E-state index in [1.165, 1.54) is 0 Å². The molecular weight excluding hydrogens is 200 g/mol. The van der Waals surface area contributed by atoms with Crippen LogP contribution in [0, 0.1) is 5.92 Å². The molecule has 0 aliphatic heterocycles. The molecular formula is C13H20N2O. The summed E-state index contributed by atoms with van der Waals surface area (Å²) in [6.45, 7) is 8.20. The zero-order valence-electron chi connectivity index (χ0n) is 10.4. The van der Waals surface area contributed by atoms with E-state index in [9.17, 15) is 4.79 Å². The monoisotopic (exact) mass is 220 g/mol. The summed E-state index contributed by atoms with van der Waals surface area (Å²) in [6.07, 6.45) is 0. The van der Waals surface area contributed by atoms with Crippen molar-refractivity contribution in [3.8, 4) is 0 Å². The Balaban J connectivity index is 2.55. The molecule has 0 aliphatic carbocycles. The highest BCUT2D eigenvalue weighted by Gasteiger charge is 2.24. The lowest BCUT2D eigenvalue weighted by Crippen LogP contribution is -2.49. The van der Waals surface area contributed by atoms with Gasteiger partial charge in [0.05, 0.1) is 0 Å². The van der Waals surface area contributed by atoms with Crippen LogP contribution >= 0.6 is 0 Å². The number of urea groups is 1. The molecule has 2 N–H and O–H groups in total. The fourth-order valence-corrected chi connectivity index (χ4v) is 1.12. The maximum Gasteiger partial charge on any atom is 0.319 e. The van der Waals surface area contributed by atoms with Gasteiger partial charge in [-0.25, -0.2) is 4.79 Å². The van der Waals surface area contributed by atoms with Crippen molar-refractivity contribution in [2.24, 2.45) is 5.92 Å². The molecule has 0 saturated carbocycles. The third-order valence-corrected chi connectivity index (χ3v) is 2.91. The molecule has 1 aromatic rings. The van der Waals surface area contributed by atoms with Crippen LogP contribution in [0.4, 0.5) is 10.5 Å². The Morgan fingerprint density at radius 1 is 1.19 bits per heavy atom. The average Bonchev–Trinajstić information content (AvgIpc) is 2.17. The van der Waals surface area contributed by atoms with Gasteiger partial charge in [-0.2, -0.15) is 0 Å². The normalized spacial score (nSPS) is 11.3. The van der Waals surface area contributed by atoms with Crippen molar-refractivity contribution < 1.29 is 4.79 Å². The van der Waals surface area contributed by atoms with Crippen LogP contribution in [-0.2, 0) is 0 Å². The van der Waals surface area contributed by atoms with Crippen LogP contribution < -0.4 is 10.6 Å². The Kier molecular flexibility index (Phi) is 3.93. The van der Waals surface area contributed by atoms with Crippen LogP contribution in [0.25, 0.3) is 0 Å². The second kappa shape index (κ2) is 5.01. The van der Waals surface area contributed by atoms with Crippen molar-refractivity contribution in [1.82, 2.24) is 5.32 Å². The highest BCUT2D eigenvalue weighted by Crippen LogP contribution is 2.15. The number of hydrogen-bond acceptors (Lipinski definition) is 1. The van der Waals surface area contributed by atoms with Gasteiger partial charge in [0.1, 0.15) is 0 Å². The van der Waals surface area contributed by atoms with Gasteiger partial charge in [-0.05, 0) is 31.9 Å². The van der Waals surface area contributed by atoms with Crippen LogP contribution in [-0.4, -0.2) is 11.6 Å². The second-order valence-electron chi connectivity index (χ2n) is 4.82. The molecule has 0 saturated heterocycles. The standard InChI is InChI=1S/C13H20N2O/c1-10(2)13(3,4)15-12(16)14-11-8-6-5-7-9-11/h5-10H,1-4H3,(H2,14,15,16). The summed E-state index contributed by atoms with van der Waals surface area (Å²) in [4.78, 5) is 11.7. The van der Waals surface area contributed by atoms with E-state index in [1.807, 2.05) is 44.2 Å². The molecule has 16 heavy (non-hydrogen) atoms. The van der Waals surface area contributed by atoms with Gasteiger partial charge in [0.2, 0.25) is 0 Å². The van der Waals surface area contributed by atoms with E-state index < -0.39 is 0 Å². The van der Waals surface area contributed by atoms with Crippen LogP contribution in [0.5, 0.6) is 0 Å². The highest BCUT2D eigenvalue weighted by molar-refractivity contribution is 5.89. The minimum Gasteiger partial charge on any atom is -0.333 e. The molecule has 0 aromatic heterocycles. The van der Waals surface area contributed by atoms with E-state index in [-0.39, 0.29) is 11.6 Å². The fraction of sp³-hybridized carbons (Fsp3) is 0.462. The topological polar surface area (TPSA) is 41.1 Å². The van der Waals surface area contributed by atoms with Crippen molar-refractivity contribution in [2.75, 3.05) is 5.32 Å². The maximum absolute atomic E-state index is 11.7. The minimum absolute atomic E-state index is 0.162. The molecule has 0 radical (unpaired) electrons. The van der Waals surface area contributed by atoms with Gasteiger partial charge in [-0.15, -0.1) is 0 Å². The fourth-order valence-electron chi connectivity index (χ4n) is 1.12.